The Balaban J connectivity index is 2.40. The highest BCUT2D eigenvalue weighted by Gasteiger charge is 2.21. The standard InChI is InChI=1S/C11H8ClFN2O/c12-10-6-5-9-11(16)14-3-4-15(9)8(6)2-1-7(10)13/h1-2,5H,3-4H2,(H,14,16). The Labute approximate surface area is 95.8 Å². The number of carbonyl (C=O) groups is 1. The van der Waals surface area contributed by atoms with Gasteiger partial charge in [0.25, 0.3) is 5.91 Å². The van der Waals surface area contributed by atoms with E-state index in [2.05, 4.69) is 5.32 Å². The first-order valence-electron chi connectivity index (χ1n) is 4.94. The predicted octanol–water partition coefficient (Wildman–Crippen LogP) is 2.18. The minimum absolute atomic E-state index is 0.0761. The molecule has 1 aliphatic heterocycles. The second kappa shape index (κ2) is 3.22. The van der Waals surface area contributed by atoms with Crippen LogP contribution in [0.5, 0.6) is 0 Å². The fraction of sp³-hybridized carbons (Fsp3) is 0.182. The maximum absolute atomic E-state index is 13.3. The molecule has 0 unspecified atom stereocenters. The van der Waals surface area contributed by atoms with Crippen LogP contribution in [0.2, 0.25) is 5.02 Å². The third-order valence-corrected chi connectivity index (χ3v) is 3.21. The van der Waals surface area contributed by atoms with E-state index in [1.165, 1.54) is 6.07 Å². The van der Waals surface area contributed by atoms with Gasteiger partial charge in [0, 0.05) is 18.5 Å². The van der Waals surface area contributed by atoms with Crippen LogP contribution in [0.25, 0.3) is 10.9 Å². The molecule has 2 heterocycles. The Morgan fingerprint density at radius 3 is 3.06 bits per heavy atom. The van der Waals surface area contributed by atoms with Gasteiger partial charge in [0.15, 0.2) is 0 Å². The molecule has 2 aromatic rings. The van der Waals surface area contributed by atoms with E-state index in [1.54, 1.807) is 12.1 Å². The lowest BCUT2D eigenvalue weighted by atomic mass is 10.2. The zero-order chi connectivity index (χ0) is 11.3. The van der Waals surface area contributed by atoms with Crippen LogP contribution in [-0.2, 0) is 6.54 Å². The Bertz CT molecular complexity index is 606. The van der Waals surface area contributed by atoms with Crippen LogP contribution >= 0.6 is 11.6 Å². The highest BCUT2D eigenvalue weighted by Crippen LogP contribution is 2.30. The summed E-state index contributed by atoms with van der Waals surface area (Å²) < 4.78 is 15.1. The SMILES string of the molecule is O=C1NCCn2c1cc1c(Cl)c(F)ccc12. The smallest absolute Gasteiger partial charge is 0.268 e. The maximum Gasteiger partial charge on any atom is 0.268 e. The van der Waals surface area contributed by atoms with Crippen LogP contribution in [0.1, 0.15) is 10.5 Å². The molecule has 0 spiro atoms. The molecule has 0 bridgehead atoms. The summed E-state index contributed by atoms with van der Waals surface area (Å²) in [7, 11) is 0. The van der Waals surface area contributed by atoms with Crippen LogP contribution in [0.15, 0.2) is 18.2 Å². The van der Waals surface area contributed by atoms with Crippen molar-refractivity contribution in [2.75, 3.05) is 6.54 Å². The summed E-state index contributed by atoms with van der Waals surface area (Å²) >= 11 is 5.87. The van der Waals surface area contributed by atoms with Crippen molar-refractivity contribution in [3.63, 3.8) is 0 Å². The molecule has 3 nitrogen and oxygen atoms in total. The van der Waals surface area contributed by atoms with E-state index in [1.807, 2.05) is 4.57 Å². The van der Waals surface area contributed by atoms with Crippen molar-refractivity contribution in [3.05, 3.63) is 34.7 Å². The highest BCUT2D eigenvalue weighted by molar-refractivity contribution is 6.35. The Kier molecular flexibility index (Phi) is 1.94. The average molecular weight is 239 g/mol. The largest absolute Gasteiger partial charge is 0.349 e. The minimum atomic E-state index is -0.461. The summed E-state index contributed by atoms with van der Waals surface area (Å²) in [4.78, 5) is 11.6. The van der Waals surface area contributed by atoms with Crippen molar-refractivity contribution in [2.24, 2.45) is 0 Å². The summed E-state index contributed by atoms with van der Waals surface area (Å²) in [6.45, 7) is 1.27. The number of hydrogen-bond donors (Lipinski definition) is 1. The van der Waals surface area contributed by atoms with Gasteiger partial charge in [-0.15, -0.1) is 0 Å². The molecular weight excluding hydrogens is 231 g/mol. The Morgan fingerprint density at radius 1 is 1.44 bits per heavy atom. The van der Waals surface area contributed by atoms with Crippen molar-refractivity contribution in [3.8, 4) is 0 Å². The Morgan fingerprint density at radius 2 is 2.25 bits per heavy atom. The minimum Gasteiger partial charge on any atom is -0.349 e. The van der Waals surface area contributed by atoms with E-state index in [4.69, 9.17) is 11.6 Å². The van der Waals surface area contributed by atoms with Crippen molar-refractivity contribution >= 4 is 28.4 Å². The number of benzene rings is 1. The molecule has 0 radical (unpaired) electrons. The molecule has 5 heteroatoms. The van der Waals surface area contributed by atoms with Crippen LogP contribution in [0.3, 0.4) is 0 Å². The molecule has 0 atom stereocenters. The van der Waals surface area contributed by atoms with Crippen LogP contribution in [-0.4, -0.2) is 17.0 Å². The molecule has 1 amide bonds. The average Bonchev–Trinajstić information content (AvgIpc) is 2.65. The zero-order valence-electron chi connectivity index (χ0n) is 8.26. The fourth-order valence-electron chi connectivity index (χ4n) is 2.07. The van der Waals surface area contributed by atoms with Crippen LogP contribution < -0.4 is 5.32 Å². The molecule has 1 aliphatic rings. The predicted molar refractivity (Wildman–Crippen MR) is 59.2 cm³/mol. The molecule has 0 saturated carbocycles. The van der Waals surface area contributed by atoms with Gasteiger partial charge < -0.3 is 9.88 Å². The van der Waals surface area contributed by atoms with E-state index >= 15 is 0 Å². The molecule has 16 heavy (non-hydrogen) atoms. The van der Waals surface area contributed by atoms with Gasteiger partial charge in [-0.05, 0) is 18.2 Å². The molecular formula is C11H8ClFN2O. The number of hydrogen-bond acceptors (Lipinski definition) is 1. The normalized spacial score (nSPS) is 15.0. The van der Waals surface area contributed by atoms with Gasteiger partial charge in [-0.25, -0.2) is 4.39 Å². The lowest BCUT2D eigenvalue weighted by Gasteiger charge is -2.16. The number of rotatable bonds is 0. The topological polar surface area (TPSA) is 34.0 Å². The van der Waals surface area contributed by atoms with E-state index in [0.717, 1.165) is 5.52 Å². The summed E-state index contributed by atoms with van der Waals surface area (Å²) in [6.07, 6.45) is 0. The number of fused-ring (bicyclic) bond motifs is 3. The number of carbonyl (C=O) groups excluding carboxylic acids is 1. The summed E-state index contributed by atoms with van der Waals surface area (Å²) in [6, 6.07) is 4.61. The third kappa shape index (κ3) is 1.16. The van der Waals surface area contributed by atoms with E-state index in [0.29, 0.717) is 24.2 Å². The first-order valence-corrected chi connectivity index (χ1v) is 5.32. The van der Waals surface area contributed by atoms with Crippen molar-refractivity contribution in [1.82, 2.24) is 9.88 Å². The first-order chi connectivity index (χ1) is 7.68. The molecule has 1 aromatic heterocycles. The first kappa shape index (κ1) is 9.66. The Hall–Kier alpha value is -1.55. The second-order valence-corrected chi connectivity index (χ2v) is 4.11. The molecule has 3 rings (SSSR count). The summed E-state index contributed by atoms with van der Waals surface area (Å²) in [5, 5.41) is 3.40. The lowest BCUT2D eigenvalue weighted by molar-refractivity contribution is 0.0929. The van der Waals surface area contributed by atoms with Crippen LogP contribution in [0, 0.1) is 5.82 Å². The molecule has 1 aromatic carbocycles. The summed E-state index contributed by atoms with van der Waals surface area (Å²) in [5.74, 6) is -0.601. The molecule has 0 fully saturated rings. The molecule has 1 N–H and O–H groups in total. The van der Waals surface area contributed by atoms with Gasteiger partial charge in [0.1, 0.15) is 11.5 Å². The third-order valence-electron chi connectivity index (χ3n) is 2.83. The summed E-state index contributed by atoms with van der Waals surface area (Å²) in [5.41, 5.74) is 1.34. The number of nitrogens with zero attached hydrogens (tertiary/aromatic N) is 1. The molecule has 0 saturated heterocycles. The lowest BCUT2D eigenvalue weighted by Crippen LogP contribution is -2.34. The van der Waals surface area contributed by atoms with Gasteiger partial charge in [-0.1, -0.05) is 11.6 Å². The maximum atomic E-state index is 13.3. The molecule has 82 valence electrons. The second-order valence-electron chi connectivity index (χ2n) is 3.73. The van der Waals surface area contributed by atoms with Gasteiger partial charge in [-0.3, -0.25) is 4.79 Å². The quantitative estimate of drug-likeness (QED) is 0.750. The van der Waals surface area contributed by atoms with Crippen molar-refractivity contribution in [1.29, 1.82) is 0 Å². The van der Waals surface area contributed by atoms with Gasteiger partial charge in [0.2, 0.25) is 0 Å². The van der Waals surface area contributed by atoms with Gasteiger partial charge >= 0.3 is 0 Å². The van der Waals surface area contributed by atoms with Crippen LogP contribution in [0.4, 0.5) is 4.39 Å². The van der Waals surface area contributed by atoms with Crippen molar-refractivity contribution < 1.29 is 9.18 Å². The van der Waals surface area contributed by atoms with E-state index < -0.39 is 5.82 Å². The molecule has 0 aliphatic carbocycles. The fourth-order valence-corrected chi connectivity index (χ4v) is 2.29. The number of amides is 1. The van der Waals surface area contributed by atoms with E-state index in [9.17, 15) is 9.18 Å². The number of aromatic nitrogens is 1. The number of nitrogens with one attached hydrogen (secondary N) is 1. The number of halogens is 2. The monoisotopic (exact) mass is 238 g/mol. The highest BCUT2D eigenvalue weighted by atomic mass is 35.5. The van der Waals surface area contributed by atoms with E-state index in [-0.39, 0.29) is 10.9 Å². The van der Waals surface area contributed by atoms with Crippen molar-refractivity contribution in [2.45, 2.75) is 6.54 Å². The van der Waals surface area contributed by atoms with Gasteiger partial charge in [-0.2, -0.15) is 0 Å². The van der Waals surface area contributed by atoms with Gasteiger partial charge in [0.05, 0.1) is 10.5 Å². The zero-order valence-corrected chi connectivity index (χ0v) is 9.01.